The molecule has 3 aromatic rings. The van der Waals surface area contributed by atoms with Gasteiger partial charge in [0.2, 0.25) is 11.8 Å². The number of hydrogen-bond acceptors (Lipinski definition) is 6. The summed E-state index contributed by atoms with van der Waals surface area (Å²) in [6.07, 6.45) is 8.55. The second kappa shape index (κ2) is 10.9. The Balaban J connectivity index is 1.12. The quantitative estimate of drug-likeness (QED) is 0.514. The Morgan fingerprint density at radius 2 is 1.85 bits per heavy atom. The number of benzene rings is 1. The minimum absolute atomic E-state index is 0.0668. The van der Waals surface area contributed by atoms with Crippen molar-refractivity contribution >= 4 is 5.91 Å². The van der Waals surface area contributed by atoms with Crippen molar-refractivity contribution in [1.29, 1.82) is 0 Å². The van der Waals surface area contributed by atoms with Gasteiger partial charge in [-0.15, -0.1) is 0 Å². The average Bonchev–Trinajstić information content (AvgIpc) is 3.30. The Hall–Kier alpha value is -3.06. The lowest BCUT2D eigenvalue weighted by Crippen LogP contribution is -2.39. The van der Waals surface area contributed by atoms with Gasteiger partial charge in [0.15, 0.2) is 5.82 Å². The van der Waals surface area contributed by atoms with E-state index in [2.05, 4.69) is 49.6 Å². The Labute approximate surface area is 201 Å². The molecule has 1 amide bonds. The Kier molecular flexibility index (Phi) is 7.29. The van der Waals surface area contributed by atoms with Gasteiger partial charge in [-0.3, -0.25) is 9.78 Å². The van der Waals surface area contributed by atoms with Gasteiger partial charge < -0.3 is 14.7 Å². The summed E-state index contributed by atoms with van der Waals surface area (Å²) in [4.78, 5) is 24.1. The van der Waals surface area contributed by atoms with E-state index in [4.69, 9.17) is 4.52 Å². The highest BCUT2D eigenvalue weighted by Crippen LogP contribution is 2.30. The SMILES string of the molecule is O=C(N[C@@H](CCN1CCC(c2nc(Cc3ccccn3)no2)CC1)c1ccccc1)C1CCC1. The zero-order valence-corrected chi connectivity index (χ0v) is 19.6. The first kappa shape index (κ1) is 22.7. The van der Waals surface area contributed by atoms with Gasteiger partial charge in [-0.1, -0.05) is 48.0 Å². The van der Waals surface area contributed by atoms with E-state index in [1.54, 1.807) is 6.20 Å². The molecule has 178 valence electrons. The van der Waals surface area contributed by atoms with Crippen molar-refractivity contribution in [1.82, 2.24) is 25.3 Å². The zero-order chi connectivity index (χ0) is 23.2. The normalized spacial score (nSPS) is 18.4. The van der Waals surface area contributed by atoms with Crippen molar-refractivity contribution in [2.75, 3.05) is 19.6 Å². The molecule has 3 heterocycles. The number of piperidine rings is 1. The summed E-state index contributed by atoms with van der Waals surface area (Å²) in [7, 11) is 0. The average molecular weight is 460 g/mol. The maximum absolute atomic E-state index is 12.6. The molecule has 0 unspecified atom stereocenters. The number of aromatic nitrogens is 3. The maximum Gasteiger partial charge on any atom is 0.229 e. The molecule has 2 aromatic heterocycles. The standard InChI is InChI=1S/C27H33N5O2/c33-26(21-9-6-10-21)29-24(20-7-2-1-3-8-20)14-18-32-16-12-22(13-17-32)27-30-25(31-34-27)19-23-11-4-5-15-28-23/h1-5,7-8,11,15,21-22,24H,6,9-10,12-14,16-19H2,(H,29,33)/t24-/m0/s1. The van der Waals surface area contributed by atoms with Crippen LogP contribution in [0.25, 0.3) is 0 Å². The first-order valence-electron chi connectivity index (χ1n) is 12.5. The molecule has 0 bridgehead atoms. The largest absolute Gasteiger partial charge is 0.349 e. The number of likely N-dealkylation sites (tertiary alicyclic amines) is 1. The molecule has 1 atom stereocenters. The molecule has 1 saturated carbocycles. The number of carbonyl (C=O) groups excluding carboxylic acids is 1. The fourth-order valence-corrected chi connectivity index (χ4v) is 4.85. The molecule has 2 aliphatic rings. The topological polar surface area (TPSA) is 84.2 Å². The smallest absolute Gasteiger partial charge is 0.229 e. The first-order valence-corrected chi connectivity index (χ1v) is 12.5. The van der Waals surface area contributed by atoms with Crippen LogP contribution in [-0.2, 0) is 11.2 Å². The molecule has 0 radical (unpaired) electrons. The van der Waals surface area contributed by atoms with Crippen LogP contribution < -0.4 is 5.32 Å². The van der Waals surface area contributed by atoms with Crippen LogP contribution in [0.1, 0.15) is 73.5 Å². The molecule has 2 fully saturated rings. The van der Waals surface area contributed by atoms with Crippen molar-refractivity contribution in [3.8, 4) is 0 Å². The molecule has 0 spiro atoms. The Bertz CT molecular complexity index is 1040. The van der Waals surface area contributed by atoms with Crippen molar-refractivity contribution in [3.05, 3.63) is 77.7 Å². The predicted molar refractivity (Wildman–Crippen MR) is 129 cm³/mol. The summed E-state index contributed by atoms with van der Waals surface area (Å²) < 4.78 is 5.59. The van der Waals surface area contributed by atoms with Crippen molar-refractivity contribution in [2.24, 2.45) is 5.92 Å². The molecule has 7 nitrogen and oxygen atoms in total. The van der Waals surface area contributed by atoms with E-state index < -0.39 is 0 Å². The fourth-order valence-electron chi connectivity index (χ4n) is 4.85. The lowest BCUT2D eigenvalue weighted by Gasteiger charge is -2.32. The first-order chi connectivity index (χ1) is 16.7. The van der Waals surface area contributed by atoms with Gasteiger partial charge in [-0.2, -0.15) is 4.98 Å². The number of nitrogens with one attached hydrogen (secondary N) is 1. The van der Waals surface area contributed by atoms with Gasteiger partial charge in [0.05, 0.1) is 12.5 Å². The highest BCUT2D eigenvalue weighted by molar-refractivity contribution is 5.79. The van der Waals surface area contributed by atoms with Crippen LogP contribution in [0.4, 0.5) is 0 Å². The molecule has 7 heteroatoms. The molecule has 1 saturated heterocycles. The van der Waals surface area contributed by atoms with E-state index in [-0.39, 0.29) is 17.9 Å². The van der Waals surface area contributed by atoms with E-state index in [0.717, 1.165) is 63.3 Å². The minimum atomic E-state index is 0.0668. The summed E-state index contributed by atoms with van der Waals surface area (Å²) in [5, 5.41) is 7.50. The lowest BCUT2D eigenvalue weighted by atomic mass is 9.84. The predicted octanol–water partition coefficient (Wildman–Crippen LogP) is 4.28. The third-order valence-electron chi connectivity index (χ3n) is 7.21. The maximum atomic E-state index is 12.6. The summed E-state index contributed by atoms with van der Waals surface area (Å²) in [5.41, 5.74) is 2.14. The highest BCUT2D eigenvalue weighted by atomic mass is 16.5. The minimum Gasteiger partial charge on any atom is -0.349 e. The fraction of sp³-hybridized carbons (Fsp3) is 0.481. The zero-order valence-electron chi connectivity index (χ0n) is 19.6. The van der Waals surface area contributed by atoms with Crippen LogP contribution in [0.3, 0.4) is 0 Å². The van der Waals surface area contributed by atoms with Crippen LogP contribution in [0, 0.1) is 5.92 Å². The van der Waals surface area contributed by atoms with E-state index >= 15 is 0 Å². The third-order valence-corrected chi connectivity index (χ3v) is 7.21. The van der Waals surface area contributed by atoms with Crippen LogP contribution in [0.5, 0.6) is 0 Å². The van der Waals surface area contributed by atoms with Crippen LogP contribution in [-0.4, -0.2) is 45.6 Å². The van der Waals surface area contributed by atoms with Gasteiger partial charge in [-0.25, -0.2) is 0 Å². The van der Waals surface area contributed by atoms with E-state index in [1.807, 2.05) is 24.3 Å². The van der Waals surface area contributed by atoms with Gasteiger partial charge in [0.1, 0.15) is 0 Å². The van der Waals surface area contributed by atoms with E-state index in [0.29, 0.717) is 18.2 Å². The van der Waals surface area contributed by atoms with Crippen LogP contribution in [0.15, 0.2) is 59.3 Å². The Morgan fingerprint density at radius 3 is 2.56 bits per heavy atom. The number of carbonyl (C=O) groups is 1. The van der Waals surface area contributed by atoms with Gasteiger partial charge >= 0.3 is 0 Å². The molecule has 34 heavy (non-hydrogen) atoms. The molecule has 1 N–H and O–H groups in total. The number of nitrogens with zero attached hydrogens (tertiary/aromatic N) is 4. The summed E-state index contributed by atoms with van der Waals surface area (Å²) >= 11 is 0. The van der Waals surface area contributed by atoms with Crippen molar-refractivity contribution in [2.45, 2.75) is 56.9 Å². The number of amides is 1. The van der Waals surface area contributed by atoms with Gasteiger partial charge in [-0.05, 0) is 62.9 Å². The molecule has 1 aliphatic heterocycles. The highest BCUT2D eigenvalue weighted by Gasteiger charge is 2.29. The van der Waals surface area contributed by atoms with Gasteiger partial charge in [0.25, 0.3) is 0 Å². The molecule has 5 rings (SSSR count). The molecule has 1 aliphatic carbocycles. The van der Waals surface area contributed by atoms with Crippen LogP contribution >= 0.6 is 0 Å². The summed E-state index contributed by atoms with van der Waals surface area (Å²) in [6, 6.07) is 16.3. The third kappa shape index (κ3) is 5.70. The number of pyridine rings is 1. The molecular weight excluding hydrogens is 426 g/mol. The van der Waals surface area contributed by atoms with Crippen molar-refractivity contribution in [3.63, 3.8) is 0 Å². The number of hydrogen-bond donors (Lipinski definition) is 1. The summed E-state index contributed by atoms with van der Waals surface area (Å²) in [5.74, 6) is 2.18. The van der Waals surface area contributed by atoms with Crippen LogP contribution in [0.2, 0.25) is 0 Å². The van der Waals surface area contributed by atoms with Crippen molar-refractivity contribution < 1.29 is 9.32 Å². The van der Waals surface area contributed by atoms with E-state index in [1.165, 1.54) is 12.0 Å². The second-order valence-corrected chi connectivity index (χ2v) is 9.55. The summed E-state index contributed by atoms with van der Waals surface area (Å²) in [6.45, 7) is 2.97. The lowest BCUT2D eigenvalue weighted by molar-refractivity contribution is -0.128. The molecule has 1 aromatic carbocycles. The van der Waals surface area contributed by atoms with Gasteiger partial charge in [0, 0.05) is 30.3 Å². The molecular formula is C27H33N5O2. The monoisotopic (exact) mass is 459 g/mol. The number of rotatable bonds is 9. The second-order valence-electron chi connectivity index (χ2n) is 9.55. The van der Waals surface area contributed by atoms with E-state index in [9.17, 15) is 4.79 Å². The Morgan fingerprint density at radius 1 is 1.06 bits per heavy atom.